The van der Waals surface area contributed by atoms with Crippen LogP contribution in [0.5, 0.6) is 0 Å². The zero-order valence-corrected chi connectivity index (χ0v) is 42.3. The monoisotopic (exact) mass is 978 g/mol. The van der Waals surface area contributed by atoms with E-state index in [0.29, 0.717) is 0 Å². The van der Waals surface area contributed by atoms with E-state index in [4.69, 9.17) is 0 Å². The smallest absolute Gasteiger partial charge is 0.0714 e. The highest BCUT2D eigenvalue weighted by molar-refractivity contribution is 6.22. The predicted molar refractivity (Wildman–Crippen MR) is 324 cm³/mol. The fourth-order valence-corrected chi connectivity index (χ4v) is 13.0. The van der Waals surface area contributed by atoms with Crippen LogP contribution in [0.3, 0.4) is 0 Å². The zero-order valence-electron chi connectivity index (χ0n) is 42.3. The summed E-state index contributed by atoms with van der Waals surface area (Å²) in [4.78, 5) is 2.47. The normalized spacial score (nSPS) is 12.5. The number of aromatic nitrogens is 1. The van der Waals surface area contributed by atoms with Gasteiger partial charge in [-0.1, -0.05) is 237 Å². The molecule has 1 heterocycles. The van der Waals surface area contributed by atoms with Crippen molar-refractivity contribution in [1.29, 1.82) is 0 Å². The molecular formula is C75H50N2. The molecule has 0 spiro atoms. The van der Waals surface area contributed by atoms with Crippen molar-refractivity contribution in [1.82, 2.24) is 4.57 Å². The van der Waals surface area contributed by atoms with Crippen LogP contribution in [0.2, 0.25) is 0 Å². The summed E-state index contributed by atoms with van der Waals surface area (Å²) in [5.41, 5.74) is 21.0. The third-order valence-electron chi connectivity index (χ3n) is 16.2. The van der Waals surface area contributed by atoms with Gasteiger partial charge in [0.25, 0.3) is 0 Å². The van der Waals surface area contributed by atoms with Crippen LogP contribution in [0.25, 0.3) is 93.5 Å². The molecule has 1 aliphatic carbocycles. The second-order valence-corrected chi connectivity index (χ2v) is 20.3. The first-order valence-electron chi connectivity index (χ1n) is 26.7. The van der Waals surface area contributed by atoms with E-state index in [0.717, 1.165) is 28.3 Å². The first-order valence-corrected chi connectivity index (χ1v) is 26.7. The van der Waals surface area contributed by atoms with E-state index in [1.807, 2.05) is 0 Å². The molecule has 0 aliphatic heterocycles. The van der Waals surface area contributed by atoms with Gasteiger partial charge in [0.2, 0.25) is 0 Å². The molecule has 77 heavy (non-hydrogen) atoms. The number of fused-ring (bicyclic) bond motifs is 8. The minimum Gasteiger partial charge on any atom is -0.310 e. The maximum absolute atomic E-state index is 2.48. The molecule has 2 nitrogen and oxygen atoms in total. The molecule has 0 radical (unpaired) electrons. The summed E-state index contributed by atoms with van der Waals surface area (Å²) >= 11 is 0. The van der Waals surface area contributed by atoms with Gasteiger partial charge in [0.05, 0.1) is 16.4 Å². The highest BCUT2D eigenvalue weighted by atomic mass is 15.1. The van der Waals surface area contributed by atoms with Crippen molar-refractivity contribution in [3.05, 3.63) is 326 Å². The van der Waals surface area contributed by atoms with E-state index >= 15 is 0 Å². The molecule has 0 saturated carbocycles. The molecule has 15 rings (SSSR count). The van der Waals surface area contributed by atoms with Gasteiger partial charge in [-0.25, -0.2) is 0 Å². The quantitative estimate of drug-likeness (QED) is 0.131. The van der Waals surface area contributed by atoms with Crippen LogP contribution in [0.4, 0.5) is 17.1 Å². The van der Waals surface area contributed by atoms with Gasteiger partial charge in [0.15, 0.2) is 0 Å². The van der Waals surface area contributed by atoms with Gasteiger partial charge in [0.1, 0.15) is 0 Å². The summed E-state index contributed by atoms with van der Waals surface area (Å²) < 4.78 is 2.40. The number of para-hydroxylation sites is 2. The summed E-state index contributed by atoms with van der Waals surface area (Å²) in [6.45, 7) is 0. The number of benzene rings is 13. The van der Waals surface area contributed by atoms with Crippen molar-refractivity contribution in [3.63, 3.8) is 0 Å². The summed E-state index contributed by atoms with van der Waals surface area (Å²) in [6.07, 6.45) is 0. The average Bonchev–Trinajstić information content (AvgIpc) is 4.25. The second-order valence-electron chi connectivity index (χ2n) is 20.3. The molecule has 0 N–H and O–H groups in total. The number of hydrogen-bond acceptors (Lipinski definition) is 1. The van der Waals surface area contributed by atoms with E-state index in [1.165, 1.54) is 105 Å². The maximum atomic E-state index is 2.48. The van der Waals surface area contributed by atoms with Crippen LogP contribution >= 0.6 is 0 Å². The van der Waals surface area contributed by atoms with Gasteiger partial charge in [-0.15, -0.1) is 0 Å². The van der Waals surface area contributed by atoms with Crippen molar-refractivity contribution in [3.8, 4) is 50.2 Å². The first kappa shape index (κ1) is 44.5. The summed E-state index contributed by atoms with van der Waals surface area (Å²) in [7, 11) is 0. The number of nitrogens with zero attached hydrogens (tertiary/aromatic N) is 2. The van der Waals surface area contributed by atoms with E-state index in [2.05, 4.69) is 313 Å². The van der Waals surface area contributed by atoms with Crippen LogP contribution in [0, 0.1) is 0 Å². The minimum absolute atomic E-state index is 0.548. The zero-order chi connectivity index (χ0) is 50.9. The molecule has 0 unspecified atom stereocenters. The average molecular weight is 979 g/mol. The summed E-state index contributed by atoms with van der Waals surface area (Å²) in [5, 5.41) is 7.40. The molecule has 0 atom stereocenters. The molecule has 2 heteroatoms. The van der Waals surface area contributed by atoms with Gasteiger partial charge in [-0.3, -0.25) is 0 Å². The SMILES string of the molecule is c1ccc(-c2c3ccccc3c(-c3ccccc3)c3cc(-c4ccc(N(c5ccc6c(c5)C(c5ccccc5)(c5ccccc5)c5ccccc5-6)c5ccc6c(c5)c5ccccc5n6-c5ccccc5)cc4)ccc23)cc1. The lowest BCUT2D eigenvalue weighted by Gasteiger charge is -2.35. The first-order chi connectivity index (χ1) is 38.2. The van der Waals surface area contributed by atoms with Crippen molar-refractivity contribution in [2.45, 2.75) is 5.41 Å². The molecule has 360 valence electrons. The predicted octanol–water partition coefficient (Wildman–Crippen LogP) is 19.9. The molecule has 1 aliphatic rings. The van der Waals surface area contributed by atoms with E-state index < -0.39 is 5.41 Å². The van der Waals surface area contributed by atoms with Crippen LogP contribution in [0.1, 0.15) is 22.3 Å². The summed E-state index contributed by atoms with van der Waals surface area (Å²) in [5.74, 6) is 0. The fraction of sp³-hybridized carbons (Fsp3) is 0.0133. The summed E-state index contributed by atoms with van der Waals surface area (Å²) in [6, 6.07) is 112. The topological polar surface area (TPSA) is 8.17 Å². The van der Waals surface area contributed by atoms with Crippen LogP contribution in [-0.2, 0) is 5.41 Å². The minimum atomic E-state index is -0.548. The molecule has 0 fully saturated rings. The van der Waals surface area contributed by atoms with Gasteiger partial charge >= 0.3 is 0 Å². The highest BCUT2D eigenvalue weighted by Gasteiger charge is 2.46. The second kappa shape index (κ2) is 18.1. The Morgan fingerprint density at radius 1 is 0.260 bits per heavy atom. The Morgan fingerprint density at radius 3 is 1.39 bits per heavy atom. The standard InChI is InChI=1S/C75H50N2/c1-6-22-52(23-7-1)73-64-34-16-17-35-65(64)74(53-24-8-2-9-25-53)68-48-54(40-45-66(68)73)51-38-41-58(42-39-51)76(59-44-47-72-67(49-59)63-33-19-21-37-71(63)77(72)57-30-14-5-15-31-57)60-43-46-62-61-32-18-20-36-69(61)75(70(62)50-60,55-26-10-3-11-27-55)56-28-12-4-13-29-56/h1-50H. The fourth-order valence-electron chi connectivity index (χ4n) is 13.0. The Kier molecular flexibility index (Phi) is 10.5. The number of rotatable bonds is 9. The number of anilines is 3. The van der Waals surface area contributed by atoms with Crippen molar-refractivity contribution in [2.24, 2.45) is 0 Å². The highest BCUT2D eigenvalue weighted by Crippen LogP contribution is 2.57. The lowest BCUT2D eigenvalue weighted by atomic mass is 9.67. The largest absolute Gasteiger partial charge is 0.310 e. The van der Waals surface area contributed by atoms with E-state index in [-0.39, 0.29) is 0 Å². The lowest BCUT2D eigenvalue weighted by molar-refractivity contribution is 0.768. The third kappa shape index (κ3) is 7.03. The van der Waals surface area contributed by atoms with Crippen molar-refractivity contribution < 1.29 is 0 Å². The molecule has 1 aromatic heterocycles. The molecule has 0 amide bonds. The van der Waals surface area contributed by atoms with Gasteiger partial charge < -0.3 is 9.47 Å². The van der Waals surface area contributed by atoms with Crippen LogP contribution in [-0.4, -0.2) is 4.57 Å². The van der Waals surface area contributed by atoms with E-state index in [1.54, 1.807) is 0 Å². The molecule has 0 saturated heterocycles. The van der Waals surface area contributed by atoms with Gasteiger partial charge in [0, 0.05) is 33.5 Å². The molecule has 14 aromatic rings. The maximum Gasteiger partial charge on any atom is 0.0714 e. The lowest BCUT2D eigenvalue weighted by Crippen LogP contribution is -2.28. The number of hydrogen-bond donors (Lipinski definition) is 0. The Labute approximate surface area is 448 Å². The third-order valence-corrected chi connectivity index (χ3v) is 16.2. The Morgan fingerprint density at radius 2 is 0.727 bits per heavy atom. The van der Waals surface area contributed by atoms with Crippen molar-refractivity contribution >= 4 is 60.4 Å². The molecular weight excluding hydrogens is 929 g/mol. The van der Waals surface area contributed by atoms with E-state index in [9.17, 15) is 0 Å². The van der Waals surface area contributed by atoms with Gasteiger partial charge in [-0.2, -0.15) is 0 Å². The molecule has 0 bridgehead atoms. The Bertz CT molecular complexity index is 4480. The van der Waals surface area contributed by atoms with Crippen molar-refractivity contribution in [2.75, 3.05) is 4.90 Å². The van der Waals surface area contributed by atoms with Crippen LogP contribution < -0.4 is 4.90 Å². The Hall–Kier alpha value is -10.0. The van der Waals surface area contributed by atoms with Gasteiger partial charge in [-0.05, 0) is 155 Å². The van der Waals surface area contributed by atoms with Crippen LogP contribution in [0.15, 0.2) is 303 Å². The molecule has 13 aromatic carbocycles. The Balaban J connectivity index is 0.942.